The molecular weight excluding hydrogens is 489 g/mol. The minimum atomic E-state index is -0.569. The van der Waals surface area contributed by atoms with Gasteiger partial charge in [-0.05, 0) is 25.2 Å². The Labute approximate surface area is 213 Å². The first-order valence-corrected chi connectivity index (χ1v) is 12.1. The second-order valence-electron chi connectivity index (χ2n) is 8.84. The molecule has 190 valence electrons. The molecule has 9 nitrogen and oxygen atoms in total. The maximum atomic E-state index is 14.5. The van der Waals surface area contributed by atoms with Crippen molar-refractivity contribution in [2.45, 2.75) is 18.6 Å². The van der Waals surface area contributed by atoms with E-state index in [-0.39, 0.29) is 28.8 Å². The number of nitrogens with one attached hydrogen (secondary N) is 1. The molecule has 0 aliphatic carbocycles. The molecule has 2 aliphatic rings. The summed E-state index contributed by atoms with van der Waals surface area (Å²) in [5, 5.41) is 3.64. The second-order valence-corrected chi connectivity index (χ2v) is 9.24. The van der Waals surface area contributed by atoms with Crippen molar-refractivity contribution in [3.63, 3.8) is 0 Å². The molecule has 2 aliphatic heterocycles. The Balaban J connectivity index is 1.39. The molecule has 2 aromatic carbocycles. The van der Waals surface area contributed by atoms with Gasteiger partial charge in [-0.1, -0.05) is 17.7 Å². The number of methoxy groups -OCH3 is 1. The van der Waals surface area contributed by atoms with E-state index in [0.29, 0.717) is 67.5 Å². The fraction of sp³-hybridized carbons (Fsp3) is 0.400. The van der Waals surface area contributed by atoms with Gasteiger partial charge < -0.3 is 24.4 Å². The molecule has 0 bridgehead atoms. The van der Waals surface area contributed by atoms with Gasteiger partial charge in [0, 0.05) is 37.5 Å². The van der Waals surface area contributed by atoms with Crippen molar-refractivity contribution in [3.05, 3.63) is 47.5 Å². The molecular formula is C25H27ClFN5O4. The van der Waals surface area contributed by atoms with Crippen LogP contribution in [0, 0.1) is 5.82 Å². The molecule has 36 heavy (non-hydrogen) atoms. The number of anilines is 2. The Morgan fingerprint density at radius 3 is 2.81 bits per heavy atom. The number of carbonyl (C=O) groups excluding carboxylic acids is 1. The molecule has 3 heterocycles. The fourth-order valence-corrected chi connectivity index (χ4v) is 4.82. The zero-order valence-electron chi connectivity index (χ0n) is 20.0. The van der Waals surface area contributed by atoms with E-state index in [0.717, 1.165) is 0 Å². The predicted molar refractivity (Wildman–Crippen MR) is 134 cm³/mol. The number of aromatic nitrogens is 2. The molecule has 2 saturated heterocycles. The summed E-state index contributed by atoms with van der Waals surface area (Å²) in [6.07, 6.45) is 1.72. The third kappa shape index (κ3) is 4.88. The predicted octanol–water partition coefficient (Wildman–Crippen LogP) is 3.48. The van der Waals surface area contributed by atoms with Crippen molar-refractivity contribution in [2.24, 2.45) is 0 Å². The molecule has 11 heteroatoms. The molecule has 1 aromatic heterocycles. The van der Waals surface area contributed by atoms with Gasteiger partial charge in [-0.3, -0.25) is 9.69 Å². The molecule has 1 amide bonds. The van der Waals surface area contributed by atoms with E-state index in [1.165, 1.54) is 12.4 Å². The number of benzene rings is 2. The number of halogens is 2. The smallest absolute Gasteiger partial charge is 0.240 e. The Kier molecular flexibility index (Phi) is 7.08. The van der Waals surface area contributed by atoms with Crippen LogP contribution in [0.1, 0.15) is 6.42 Å². The van der Waals surface area contributed by atoms with Crippen LogP contribution < -0.4 is 14.8 Å². The molecule has 2 fully saturated rings. The highest BCUT2D eigenvalue weighted by Gasteiger charge is 2.38. The van der Waals surface area contributed by atoms with Crippen molar-refractivity contribution in [1.29, 1.82) is 0 Å². The van der Waals surface area contributed by atoms with Crippen molar-refractivity contribution < 1.29 is 23.4 Å². The van der Waals surface area contributed by atoms with Crippen LogP contribution in [0.4, 0.5) is 15.9 Å². The summed E-state index contributed by atoms with van der Waals surface area (Å²) in [7, 11) is 3.49. The molecule has 2 atom stereocenters. The number of ether oxygens (including phenoxy) is 3. The van der Waals surface area contributed by atoms with E-state index in [1.807, 2.05) is 16.8 Å². The minimum absolute atomic E-state index is 0.00980. The van der Waals surface area contributed by atoms with Gasteiger partial charge in [0.05, 0.1) is 42.6 Å². The van der Waals surface area contributed by atoms with Crippen LogP contribution in [-0.4, -0.2) is 84.8 Å². The number of likely N-dealkylation sites (tertiary alicyclic amines) is 1. The normalized spacial score (nSPS) is 20.5. The summed E-state index contributed by atoms with van der Waals surface area (Å²) >= 11 is 5.93. The van der Waals surface area contributed by atoms with Gasteiger partial charge in [-0.2, -0.15) is 0 Å². The van der Waals surface area contributed by atoms with Crippen LogP contribution in [0.5, 0.6) is 11.5 Å². The number of nitrogens with zero attached hydrogens (tertiary/aromatic N) is 4. The first-order chi connectivity index (χ1) is 17.4. The summed E-state index contributed by atoms with van der Waals surface area (Å²) in [5.74, 6) is 0.929. The third-order valence-electron chi connectivity index (χ3n) is 6.54. The van der Waals surface area contributed by atoms with Crippen LogP contribution in [0.25, 0.3) is 10.9 Å². The number of carbonyl (C=O) groups is 1. The van der Waals surface area contributed by atoms with Crippen LogP contribution in [0.2, 0.25) is 5.02 Å². The van der Waals surface area contributed by atoms with Crippen molar-refractivity contribution in [3.8, 4) is 11.5 Å². The van der Waals surface area contributed by atoms with Crippen LogP contribution >= 0.6 is 11.6 Å². The highest BCUT2D eigenvalue weighted by Crippen LogP contribution is 2.37. The Morgan fingerprint density at radius 2 is 2.03 bits per heavy atom. The number of fused-ring (bicyclic) bond motifs is 1. The molecule has 1 unspecified atom stereocenters. The molecule has 0 saturated carbocycles. The zero-order valence-corrected chi connectivity index (χ0v) is 20.8. The third-order valence-corrected chi connectivity index (χ3v) is 6.83. The van der Waals surface area contributed by atoms with Gasteiger partial charge in [-0.25, -0.2) is 14.4 Å². The zero-order chi connectivity index (χ0) is 25.2. The van der Waals surface area contributed by atoms with E-state index in [9.17, 15) is 9.18 Å². The summed E-state index contributed by atoms with van der Waals surface area (Å²) in [6.45, 7) is 2.93. The summed E-state index contributed by atoms with van der Waals surface area (Å²) in [6, 6.07) is 7.98. The van der Waals surface area contributed by atoms with Crippen molar-refractivity contribution in [2.75, 3.05) is 52.3 Å². The van der Waals surface area contributed by atoms with E-state index in [1.54, 1.807) is 31.4 Å². The lowest BCUT2D eigenvalue weighted by Crippen LogP contribution is -2.48. The van der Waals surface area contributed by atoms with Gasteiger partial charge >= 0.3 is 0 Å². The number of hydrogen-bond donors (Lipinski definition) is 1. The number of likely N-dealkylation sites (N-methyl/N-ethyl adjacent to an activating group) is 1. The maximum Gasteiger partial charge on any atom is 0.240 e. The van der Waals surface area contributed by atoms with Crippen LogP contribution in [-0.2, 0) is 9.53 Å². The van der Waals surface area contributed by atoms with Crippen LogP contribution in [0.3, 0.4) is 0 Å². The first-order valence-electron chi connectivity index (χ1n) is 11.7. The monoisotopic (exact) mass is 515 g/mol. The number of hydrogen-bond acceptors (Lipinski definition) is 8. The van der Waals surface area contributed by atoms with E-state index < -0.39 is 5.82 Å². The van der Waals surface area contributed by atoms with Crippen molar-refractivity contribution >= 4 is 39.9 Å². The lowest BCUT2D eigenvalue weighted by atomic mass is 10.1. The van der Waals surface area contributed by atoms with Gasteiger partial charge in [0.1, 0.15) is 18.2 Å². The molecule has 3 aromatic rings. The van der Waals surface area contributed by atoms with Crippen LogP contribution in [0.15, 0.2) is 36.7 Å². The lowest BCUT2D eigenvalue weighted by Gasteiger charge is -2.31. The minimum Gasteiger partial charge on any atom is -0.493 e. The number of morpholine rings is 1. The first kappa shape index (κ1) is 24.5. The van der Waals surface area contributed by atoms with Gasteiger partial charge in [0.2, 0.25) is 5.91 Å². The summed E-state index contributed by atoms with van der Waals surface area (Å²) in [4.78, 5) is 25.6. The summed E-state index contributed by atoms with van der Waals surface area (Å²) in [5.41, 5.74) is 0.797. The molecule has 0 spiro atoms. The van der Waals surface area contributed by atoms with Crippen molar-refractivity contribution in [1.82, 2.24) is 19.8 Å². The van der Waals surface area contributed by atoms with Gasteiger partial charge in [-0.15, -0.1) is 0 Å². The van der Waals surface area contributed by atoms with Gasteiger partial charge in [0.15, 0.2) is 17.3 Å². The highest BCUT2D eigenvalue weighted by atomic mass is 35.5. The largest absolute Gasteiger partial charge is 0.493 e. The Hall–Kier alpha value is -3.21. The summed E-state index contributed by atoms with van der Waals surface area (Å²) < 4.78 is 31.8. The van der Waals surface area contributed by atoms with E-state index in [2.05, 4.69) is 15.3 Å². The number of amides is 1. The fourth-order valence-electron chi connectivity index (χ4n) is 4.64. The SMILES string of the molecule is COc1cc2ncnc(Nc3cccc(Cl)c3F)c2cc1O[C@@H]1CC(C(=O)N2CCOCC2)N(C)C1. The lowest BCUT2D eigenvalue weighted by molar-refractivity contribution is -0.139. The van der Waals surface area contributed by atoms with E-state index in [4.69, 9.17) is 25.8 Å². The second kappa shape index (κ2) is 10.4. The molecule has 0 radical (unpaired) electrons. The molecule has 5 rings (SSSR count). The topological polar surface area (TPSA) is 89.0 Å². The highest BCUT2D eigenvalue weighted by molar-refractivity contribution is 6.31. The Bertz CT molecular complexity index is 1270. The average Bonchev–Trinajstić information content (AvgIpc) is 3.26. The Morgan fingerprint density at radius 1 is 1.22 bits per heavy atom. The standard InChI is InChI=1S/C25H27ClFN5O4/c1-31-13-15(10-20(31)25(33)32-6-8-35-9-7-32)36-22-11-16-19(12-21(22)34-2)28-14-29-24(16)30-18-5-3-4-17(26)23(18)27/h3-5,11-12,14-15,20H,6-10,13H2,1-2H3,(H,28,29,30)/t15-,20?/m1/s1. The van der Waals surface area contributed by atoms with E-state index >= 15 is 0 Å². The average molecular weight is 516 g/mol. The van der Waals surface area contributed by atoms with Gasteiger partial charge in [0.25, 0.3) is 0 Å². The maximum absolute atomic E-state index is 14.5. The number of rotatable bonds is 6. The quantitative estimate of drug-likeness (QED) is 0.534. The molecule has 1 N–H and O–H groups in total.